The van der Waals surface area contributed by atoms with Gasteiger partial charge in [0.25, 0.3) is 0 Å². The van der Waals surface area contributed by atoms with Crippen molar-refractivity contribution in [2.75, 3.05) is 24.5 Å². The maximum absolute atomic E-state index is 5.73. The number of anilines is 1. The minimum atomic E-state index is 0.444. The molecular formula is C11H17ClN4. The highest BCUT2D eigenvalue weighted by Gasteiger charge is 2.22. The molecule has 1 saturated heterocycles. The molecule has 0 radical (unpaired) electrons. The van der Waals surface area contributed by atoms with Crippen molar-refractivity contribution in [1.82, 2.24) is 15.3 Å². The number of nitrogens with zero attached hydrogens (tertiary/aromatic N) is 3. The smallest absolute Gasteiger partial charge is 0.147 e. The molecule has 1 unspecified atom stereocenters. The summed E-state index contributed by atoms with van der Waals surface area (Å²) in [6.45, 7) is 7.41. The maximum atomic E-state index is 5.73. The normalized spacial score (nSPS) is 21.5. The van der Waals surface area contributed by atoms with E-state index < -0.39 is 0 Å². The van der Waals surface area contributed by atoms with Crippen molar-refractivity contribution < 1.29 is 0 Å². The van der Waals surface area contributed by atoms with Crippen molar-refractivity contribution in [3.05, 3.63) is 17.5 Å². The number of aromatic nitrogens is 2. The average molecular weight is 241 g/mol. The predicted molar refractivity (Wildman–Crippen MR) is 65.9 cm³/mol. The van der Waals surface area contributed by atoms with Crippen LogP contribution in [0.2, 0.25) is 5.15 Å². The Labute approximate surface area is 101 Å². The lowest BCUT2D eigenvalue weighted by Crippen LogP contribution is -2.53. The lowest BCUT2D eigenvalue weighted by molar-refractivity contribution is 0.367. The van der Waals surface area contributed by atoms with Gasteiger partial charge in [-0.1, -0.05) is 25.4 Å². The van der Waals surface area contributed by atoms with Gasteiger partial charge in [0.05, 0.1) is 12.4 Å². The fraction of sp³-hybridized carbons (Fsp3) is 0.636. The molecule has 1 fully saturated rings. The number of hydrogen-bond donors (Lipinski definition) is 1. The molecule has 0 bridgehead atoms. The summed E-state index contributed by atoms with van der Waals surface area (Å²) >= 11 is 5.73. The topological polar surface area (TPSA) is 41.1 Å². The van der Waals surface area contributed by atoms with Crippen molar-refractivity contribution in [2.24, 2.45) is 5.92 Å². The Balaban J connectivity index is 2.06. The third-order valence-corrected chi connectivity index (χ3v) is 3.14. The summed E-state index contributed by atoms with van der Waals surface area (Å²) < 4.78 is 0. The van der Waals surface area contributed by atoms with E-state index in [2.05, 4.69) is 34.0 Å². The van der Waals surface area contributed by atoms with Crippen LogP contribution in [0.5, 0.6) is 0 Å². The second-order valence-electron chi connectivity index (χ2n) is 4.45. The third kappa shape index (κ3) is 2.62. The van der Waals surface area contributed by atoms with Crippen molar-refractivity contribution >= 4 is 17.4 Å². The van der Waals surface area contributed by atoms with Gasteiger partial charge < -0.3 is 10.2 Å². The Morgan fingerprint density at radius 1 is 1.44 bits per heavy atom. The van der Waals surface area contributed by atoms with E-state index in [0.717, 1.165) is 25.5 Å². The first-order valence-corrected chi connectivity index (χ1v) is 6.00. The van der Waals surface area contributed by atoms with Crippen molar-refractivity contribution in [3.8, 4) is 0 Å². The highest BCUT2D eigenvalue weighted by Crippen LogP contribution is 2.15. The zero-order valence-corrected chi connectivity index (χ0v) is 10.4. The molecule has 5 heteroatoms. The highest BCUT2D eigenvalue weighted by molar-refractivity contribution is 6.29. The van der Waals surface area contributed by atoms with Gasteiger partial charge in [-0.15, -0.1) is 0 Å². The van der Waals surface area contributed by atoms with Crippen LogP contribution in [0.1, 0.15) is 13.8 Å². The Morgan fingerprint density at radius 3 is 2.88 bits per heavy atom. The van der Waals surface area contributed by atoms with Crippen LogP contribution >= 0.6 is 11.6 Å². The summed E-state index contributed by atoms with van der Waals surface area (Å²) in [7, 11) is 0. The molecule has 1 aromatic heterocycles. The number of halogens is 1. The quantitative estimate of drug-likeness (QED) is 0.852. The molecule has 0 saturated carbocycles. The minimum absolute atomic E-state index is 0.444. The molecule has 1 N–H and O–H groups in total. The fourth-order valence-electron chi connectivity index (χ4n) is 1.90. The predicted octanol–water partition coefficient (Wildman–Crippen LogP) is 1.56. The summed E-state index contributed by atoms with van der Waals surface area (Å²) in [6.07, 6.45) is 3.34. The lowest BCUT2D eigenvalue weighted by Gasteiger charge is -2.36. The number of nitrogens with one attached hydrogen (secondary N) is 1. The van der Waals surface area contributed by atoms with Gasteiger partial charge in [0, 0.05) is 25.7 Å². The number of piperazine rings is 1. The monoisotopic (exact) mass is 240 g/mol. The van der Waals surface area contributed by atoms with Crippen molar-refractivity contribution in [3.63, 3.8) is 0 Å². The van der Waals surface area contributed by atoms with Crippen LogP contribution in [-0.2, 0) is 0 Å². The summed E-state index contributed by atoms with van der Waals surface area (Å²) in [5, 5.41) is 3.96. The van der Waals surface area contributed by atoms with E-state index in [0.29, 0.717) is 17.1 Å². The Bertz CT molecular complexity index is 338. The molecule has 2 rings (SSSR count). The Morgan fingerprint density at radius 2 is 2.25 bits per heavy atom. The molecule has 1 aliphatic heterocycles. The standard InChI is InChI=1S/C11H17ClN4/c1-8(2)9-7-16(4-3-13-9)11-6-14-10(12)5-15-11/h5-6,8-9,13H,3-4,7H2,1-2H3. The number of rotatable bonds is 2. The first-order chi connectivity index (χ1) is 7.66. The van der Waals surface area contributed by atoms with E-state index in [1.807, 2.05) is 0 Å². The van der Waals surface area contributed by atoms with Crippen molar-refractivity contribution in [2.45, 2.75) is 19.9 Å². The summed E-state index contributed by atoms with van der Waals surface area (Å²) in [5.74, 6) is 1.54. The molecule has 0 spiro atoms. The first kappa shape index (κ1) is 11.6. The molecule has 88 valence electrons. The van der Waals surface area contributed by atoms with Crippen LogP contribution in [0.25, 0.3) is 0 Å². The van der Waals surface area contributed by atoms with E-state index >= 15 is 0 Å². The van der Waals surface area contributed by atoms with Crippen LogP contribution in [0.4, 0.5) is 5.82 Å². The van der Waals surface area contributed by atoms with E-state index in [4.69, 9.17) is 11.6 Å². The van der Waals surface area contributed by atoms with Gasteiger partial charge in [-0.25, -0.2) is 9.97 Å². The molecule has 1 aliphatic rings. The SMILES string of the molecule is CC(C)C1CN(c2cnc(Cl)cn2)CCN1. The largest absolute Gasteiger partial charge is 0.352 e. The second-order valence-corrected chi connectivity index (χ2v) is 4.84. The van der Waals surface area contributed by atoms with Crippen LogP contribution in [-0.4, -0.2) is 35.6 Å². The molecule has 0 amide bonds. The van der Waals surface area contributed by atoms with Gasteiger partial charge in [0.1, 0.15) is 11.0 Å². The molecular weight excluding hydrogens is 224 g/mol. The molecule has 0 aromatic carbocycles. The summed E-state index contributed by atoms with van der Waals surface area (Å²) in [6, 6.07) is 0.520. The Hall–Kier alpha value is -0.870. The molecule has 1 aromatic rings. The lowest BCUT2D eigenvalue weighted by atomic mass is 10.0. The van der Waals surface area contributed by atoms with E-state index in [1.54, 1.807) is 12.4 Å². The number of hydrogen-bond acceptors (Lipinski definition) is 4. The van der Waals surface area contributed by atoms with Crippen LogP contribution in [0.3, 0.4) is 0 Å². The van der Waals surface area contributed by atoms with Crippen molar-refractivity contribution in [1.29, 1.82) is 0 Å². The van der Waals surface area contributed by atoms with Gasteiger partial charge in [0.2, 0.25) is 0 Å². The zero-order chi connectivity index (χ0) is 11.5. The van der Waals surface area contributed by atoms with Gasteiger partial charge in [-0.05, 0) is 5.92 Å². The van der Waals surface area contributed by atoms with Gasteiger partial charge in [-0.3, -0.25) is 0 Å². The van der Waals surface area contributed by atoms with Crippen LogP contribution in [0.15, 0.2) is 12.4 Å². The van der Waals surface area contributed by atoms with E-state index in [1.165, 1.54) is 0 Å². The van der Waals surface area contributed by atoms with E-state index in [-0.39, 0.29) is 0 Å². The van der Waals surface area contributed by atoms with Gasteiger partial charge in [-0.2, -0.15) is 0 Å². The zero-order valence-electron chi connectivity index (χ0n) is 9.65. The molecule has 2 heterocycles. The summed E-state index contributed by atoms with van der Waals surface area (Å²) in [5.41, 5.74) is 0. The highest BCUT2D eigenvalue weighted by atomic mass is 35.5. The fourth-order valence-corrected chi connectivity index (χ4v) is 2.00. The molecule has 1 atom stereocenters. The third-order valence-electron chi connectivity index (χ3n) is 2.94. The maximum Gasteiger partial charge on any atom is 0.147 e. The second kappa shape index (κ2) is 4.97. The molecule has 16 heavy (non-hydrogen) atoms. The first-order valence-electron chi connectivity index (χ1n) is 5.62. The molecule has 0 aliphatic carbocycles. The van der Waals surface area contributed by atoms with Gasteiger partial charge in [0.15, 0.2) is 0 Å². The molecule has 4 nitrogen and oxygen atoms in total. The summed E-state index contributed by atoms with van der Waals surface area (Å²) in [4.78, 5) is 10.6. The minimum Gasteiger partial charge on any atom is -0.352 e. The Kier molecular flexibility index (Phi) is 3.61. The van der Waals surface area contributed by atoms with Crippen LogP contribution in [0, 0.1) is 5.92 Å². The van der Waals surface area contributed by atoms with Gasteiger partial charge >= 0.3 is 0 Å². The van der Waals surface area contributed by atoms with Crippen LogP contribution < -0.4 is 10.2 Å². The van der Waals surface area contributed by atoms with E-state index in [9.17, 15) is 0 Å². The average Bonchev–Trinajstić information content (AvgIpc) is 2.30.